The van der Waals surface area contributed by atoms with Crippen LogP contribution < -0.4 is 10.0 Å². The topological polar surface area (TPSA) is 75.3 Å². The molecule has 0 heterocycles. The Bertz CT molecular complexity index is 844. The molecule has 1 amide bonds. The molecule has 2 N–H and O–H groups in total. The lowest BCUT2D eigenvalue weighted by molar-refractivity contribution is 0.102. The van der Waals surface area contributed by atoms with Crippen molar-refractivity contribution in [1.82, 2.24) is 4.72 Å². The van der Waals surface area contributed by atoms with Gasteiger partial charge in [0.25, 0.3) is 5.91 Å². The van der Waals surface area contributed by atoms with Crippen molar-refractivity contribution < 1.29 is 13.2 Å². The molecule has 0 atom stereocenters. The van der Waals surface area contributed by atoms with Crippen molar-refractivity contribution in [1.29, 1.82) is 0 Å². The molecular formula is C20H24N2O3S. The first kappa shape index (κ1) is 18.6. The van der Waals surface area contributed by atoms with E-state index in [1.807, 2.05) is 18.2 Å². The zero-order chi connectivity index (χ0) is 18.4. The Balaban J connectivity index is 1.68. The standard InChI is InChI=1S/C20H24N2O3S/c23-20(22-18-11-5-2-6-12-18)17-10-7-13-19(14-17)26(24,25)21-15-16-8-3-1-4-9-16/h2,5-7,10-14,16,21H,1,3-4,8-9,15H2,(H,22,23). The summed E-state index contributed by atoms with van der Waals surface area (Å²) in [4.78, 5) is 12.5. The van der Waals surface area contributed by atoms with Crippen LogP contribution in [0, 0.1) is 5.92 Å². The van der Waals surface area contributed by atoms with Crippen molar-refractivity contribution >= 4 is 21.6 Å². The predicted molar refractivity (Wildman–Crippen MR) is 103 cm³/mol. The van der Waals surface area contributed by atoms with E-state index in [9.17, 15) is 13.2 Å². The maximum absolute atomic E-state index is 12.6. The number of rotatable bonds is 6. The molecule has 0 spiro atoms. The smallest absolute Gasteiger partial charge is 0.255 e. The molecule has 0 saturated heterocycles. The molecule has 6 heteroatoms. The largest absolute Gasteiger partial charge is 0.322 e. The van der Waals surface area contributed by atoms with Gasteiger partial charge in [-0.15, -0.1) is 0 Å². The summed E-state index contributed by atoms with van der Waals surface area (Å²) in [6, 6.07) is 15.2. The van der Waals surface area contributed by atoms with E-state index in [1.54, 1.807) is 24.3 Å². The van der Waals surface area contributed by atoms with Gasteiger partial charge in [0, 0.05) is 17.8 Å². The average Bonchev–Trinajstić information content (AvgIpc) is 2.68. The zero-order valence-electron chi connectivity index (χ0n) is 14.6. The van der Waals surface area contributed by atoms with Gasteiger partial charge in [0.1, 0.15) is 0 Å². The molecule has 138 valence electrons. The molecule has 0 bridgehead atoms. The highest BCUT2D eigenvalue weighted by Crippen LogP contribution is 2.23. The van der Waals surface area contributed by atoms with E-state index in [1.165, 1.54) is 31.4 Å². The molecule has 0 radical (unpaired) electrons. The van der Waals surface area contributed by atoms with Crippen molar-refractivity contribution in [2.24, 2.45) is 5.92 Å². The molecule has 2 aromatic carbocycles. The van der Waals surface area contributed by atoms with Crippen LogP contribution in [-0.4, -0.2) is 20.9 Å². The van der Waals surface area contributed by atoms with E-state index in [0.29, 0.717) is 23.7 Å². The van der Waals surface area contributed by atoms with Gasteiger partial charge in [0.2, 0.25) is 10.0 Å². The van der Waals surface area contributed by atoms with E-state index in [2.05, 4.69) is 10.0 Å². The summed E-state index contributed by atoms with van der Waals surface area (Å²) >= 11 is 0. The molecular weight excluding hydrogens is 348 g/mol. The zero-order valence-corrected chi connectivity index (χ0v) is 15.5. The molecule has 3 rings (SSSR count). The summed E-state index contributed by atoms with van der Waals surface area (Å²) in [5.74, 6) is 0.0728. The van der Waals surface area contributed by atoms with E-state index in [4.69, 9.17) is 0 Å². The molecule has 5 nitrogen and oxygen atoms in total. The lowest BCUT2D eigenvalue weighted by atomic mass is 9.90. The number of nitrogens with one attached hydrogen (secondary N) is 2. The first-order valence-corrected chi connectivity index (χ1v) is 10.5. The quantitative estimate of drug-likeness (QED) is 0.810. The predicted octanol–water partition coefficient (Wildman–Crippen LogP) is 3.80. The van der Waals surface area contributed by atoms with Crippen LogP contribution in [0.4, 0.5) is 5.69 Å². The lowest BCUT2D eigenvalue weighted by Gasteiger charge is -2.21. The second-order valence-corrected chi connectivity index (χ2v) is 8.47. The molecule has 1 aliphatic rings. The number of amides is 1. The van der Waals surface area contributed by atoms with Crippen molar-refractivity contribution in [3.8, 4) is 0 Å². The first-order chi connectivity index (χ1) is 12.5. The summed E-state index contributed by atoms with van der Waals surface area (Å²) in [7, 11) is -3.62. The van der Waals surface area contributed by atoms with Crippen LogP contribution in [0.5, 0.6) is 0 Å². The van der Waals surface area contributed by atoms with Gasteiger partial charge in [-0.3, -0.25) is 4.79 Å². The lowest BCUT2D eigenvalue weighted by Crippen LogP contribution is -2.30. The maximum atomic E-state index is 12.6. The summed E-state index contributed by atoms with van der Waals surface area (Å²) in [6.07, 6.45) is 5.72. The summed E-state index contributed by atoms with van der Waals surface area (Å²) in [6.45, 7) is 0.461. The van der Waals surface area contributed by atoms with Crippen molar-refractivity contribution in [2.45, 2.75) is 37.0 Å². The SMILES string of the molecule is O=C(Nc1ccccc1)c1cccc(S(=O)(=O)NCC2CCCCC2)c1. The van der Waals surface area contributed by atoms with Gasteiger partial charge in [-0.1, -0.05) is 43.5 Å². The minimum atomic E-state index is -3.62. The number of anilines is 1. The highest BCUT2D eigenvalue weighted by atomic mass is 32.2. The van der Waals surface area contributed by atoms with Gasteiger partial charge >= 0.3 is 0 Å². The second-order valence-electron chi connectivity index (χ2n) is 6.70. The number of sulfonamides is 1. The average molecular weight is 372 g/mol. The monoisotopic (exact) mass is 372 g/mol. The molecule has 2 aromatic rings. The minimum absolute atomic E-state index is 0.119. The normalized spacial score (nSPS) is 15.5. The Kier molecular flexibility index (Phi) is 6.06. The highest BCUT2D eigenvalue weighted by molar-refractivity contribution is 7.89. The van der Waals surface area contributed by atoms with Crippen molar-refractivity contribution in [2.75, 3.05) is 11.9 Å². The fourth-order valence-electron chi connectivity index (χ4n) is 3.23. The minimum Gasteiger partial charge on any atom is -0.322 e. The maximum Gasteiger partial charge on any atom is 0.255 e. The number of para-hydroxylation sites is 1. The Morgan fingerprint density at radius 3 is 2.42 bits per heavy atom. The summed E-state index contributed by atoms with van der Waals surface area (Å²) < 4.78 is 27.8. The van der Waals surface area contributed by atoms with Crippen LogP contribution in [0.3, 0.4) is 0 Å². The molecule has 0 aromatic heterocycles. The van der Waals surface area contributed by atoms with Crippen molar-refractivity contribution in [3.63, 3.8) is 0 Å². The molecule has 1 fully saturated rings. The number of hydrogen-bond donors (Lipinski definition) is 2. The van der Waals surface area contributed by atoms with Gasteiger partial charge in [0.05, 0.1) is 4.90 Å². The van der Waals surface area contributed by atoms with Crippen LogP contribution in [0.15, 0.2) is 59.5 Å². The third-order valence-corrected chi connectivity index (χ3v) is 6.15. The second kappa shape index (κ2) is 8.47. The number of hydrogen-bond acceptors (Lipinski definition) is 3. The third-order valence-electron chi connectivity index (χ3n) is 4.72. The van der Waals surface area contributed by atoms with Crippen LogP contribution in [0.1, 0.15) is 42.5 Å². The Morgan fingerprint density at radius 1 is 0.962 bits per heavy atom. The van der Waals surface area contributed by atoms with Gasteiger partial charge < -0.3 is 5.32 Å². The highest BCUT2D eigenvalue weighted by Gasteiger charge is 2.20. The molecule has 0 aliphatic heterocycles. The number of benzene rings is 2. The molecule has 1 aliphatic carbocycles. The third kappa shape index (κ3) is 4.93. The fraction of sp³-hybridized carbons (Fsp3) is 0.350. The fourth-order valence-corrected chi connectivity index (χ4v) is 4.39. The Labute approximate surface area is 154 Å². The molecule has 26 heavy (non-hydrogen) atoms. The van der Waals surface area contributed by atoms with Crippen LogP contribution >= 0.6 is 0 Å². The van der Waals surface area contributed by atoms with Gasteiger partial charge in [-0.2, -0.15) is 0 Å². The van der Waals surface area contributed by atoms with Crippen LogP contribution in [0.25, 0.3) is 0 Å². The van der Waals surface area contributed by atoms with Crippen LogP contribution in [0.2, 0.25) is 0 Å². The number of carbonyl (C=O) groups excluding carboxylic acids is 1. The van der Waals surface area contributed by atoms with E-state index in [-0.39, 0.29) is 10.8 Å². The van der Waals surface area contributed by atoms with Crippen LogP contribution in [-0.2, 0) is 10.0 Å². The summed E-state index contributed by atoms with van der Waals surface area (Å²) in [5, 5.41) is 2.77. The summed E-state index contributed by atoms with van der Waals surface area (Å²) in [5.41, 5.74) is 0.982. The molecule has 1 saturated carbocycles. The van der Waals surface area contributed by atoms with E-state index < -0.39 is 10.0 Å². The number of carbonyl (C=O) groups is 1. The van der Waals surface area contributed by atoms with E-state index >= 15 is 0 Å². The van der Waals surface area contributed by atoms with Gasteiger partial charge in [0.15, 0.2) is 0 Å². The van der Waals surface area contributed by atoms with Gasteiger partial charge in [-0.05, 0) is 49.1 Å². The Hall–Kier alpha value is -2.18. The first-order valence-electron chi connectivity index (χ1n) is 9.01. The van der Waals surface area contributed by atoms with Gasteiger partial charge in [-0.25, -0.2) is 13.1 Å². The molecule has 0 unspecified atom stereocenters. The van der Waals surface area contributed by atoms with E-state index in [0.717, 1.165) is 12.8 Å². The van der Waals surface area contributed by atoms with Crippen molar-refractivity contribution in [3.05, 3.63) is 60.2 Å². The Morgan fingerprint density at radius 2 is 1.69 bits per heavy atom.